The molecule has 17 heavy (non-hydrogen) atoms. The summed E-state index contributed by atoms with van der Waals surface area (Å²) in [6.45, 7) is 0. The fraction of sp³-hybridized carbons (Fsp3) is 0.143. The highest BCUT2D eigenvalue weighted by molar-refractivity contribution is 5.25. The third-order valence-corrected chi connectivity index (χ3v) is 2.66. The first-order valence-corrected chi connectivity index (χ1v) is 5.41. The Hall–Kier alpha value is -1.74. The molecule has 2 aromatic rings. The number of benzene rings is 2. The lowest BCUT2D eigenvalue weighted by molar-refractivity contribution is 0.554. The van der Waals surface area contributed by atoms with Gasteiger partial charge in [0.1, 0.15) is 11.6 Å². The monoisotopic (exact) mass is 233 g/mol. The van der Waals surface area contributed by atoms with Crippen LogP contribution in [0.5, 0.6) is 0 Å². The summed E-state index contributed by atoms with van der Waals surface area (Å²) >= 11 is 0. The van der Waals surface area contributed by atoms with Crippen LogP contribution in [0.15, 0.2) is 48.5 Å². The normalized spacial score (nSPS) is 12.4. The highest BCUT2D eigenvalue weighted by Gasteiger charge is 2.12. The van der Waals surface area contributed by atoms with Crippen LogP contribution in [0.1, 0.15) is 17.2 Å². The first-order valence-electron chi connectivity index (χ1n) is 5.41. The van der Waals surface area contributed by atoms with E-state index in [0.29, 0.717) is 12.0 Å². The Balaban J connectivity index is 2.17. The second-order valence-corrected chi connectivity index (χ2v) is 3.96. The van der Waals surface area contributed by atoms with Gasteiger partial charge in [-0.25, -0.2) is 8.78 Å². The third-order valence-electron chi connectivity index (χ3n) is 2.66. The molecule has 0 aliphatic rings. The Morgan fingerprint density at radius 3 is 2.35 bits per heavy atom. The van der Waals surface area contributed by atoms with Crippen molar-refractivity contribution in [3.05, 3.63) is 71.3 Å². The van der Waals surface area contributed by atoms with Gasteiger partial charge in [0, 0.05) is 17.7 Å². The van der Waals surface area contributed by atoms with E-state index in [0.717, 1.165) is 11.6 Å². The lowest BCUT2D eigenvalue weighted by atomic mass is 9.99. The fourth-order valence-corrected chi connectivity index (χ4v) is 1.78. The quantitative estimate of drug-likeness (QED) is 0.865. The van der Waals surface area contributed by atoms with Crippen LogP contribution in [0.3, 0.4) is 0 Å². The Morgan fingerprint density at radius 1 is 1.00 bits per heavy atom. The largest absolute Gasteiger partial charge is 0.324 e. The van der Waals surface area contributed by atoms with Crippen LogP contribution in [0, 0.1) is 11.6 Å². The number of hydrogen-bond acceptors (Lipinski definition) is 1. The number of halogens is 2. The van der Waals surface area contributed by atoms with Gasteiger partial charge in [-0.3, -0.25) is 0 Å². The van der Waals surface area contributed by atoms with E-state index in [-0.39, 0.29) is 0 Å². The molecule has 2 N–H and O–H groups in total. The van der Waals surface area contributed by atoms with Crippen molar-refractivity contribution < 1.29 is 8.78 Å². The molecule has 0 aromatic heterocycles. The number of nitrogens with two attached hydrogens (primary N) is 1. The van der Waals surface area contributed by atoms with E-state index < -0.39 is 17.7 Å². The highest BCUT2D eigenvalue weighted by Crippen LogP contribution is 2.19. The topological polar surface area (TPSA) is 26.0 Å². The van der Waals surface area contributed by atoms with Gasteiger partial charge in [-0.15, -0.1) is 0 Å². The van der Waals surface area contributed by atoms with Crippen molar-refractivity contribution in [2.45, 2.75) is 12.5 Å². The molecule has 0 radical (unpaired) electrons. The van der Waals surface area contributed by atoms with Crippen molar-refractivity contribution in [1.29, 1.82) is 0 Å². The molecule has 0 heterocycles. The zero-order valence-electron chi connectivity index (χ0n) is 9.24. The van der Waals surface area contributed by atoms with Crippen molar-refractivity contribution in [3.8, 4) is 0 Å². The highest BCUT2D eigenvalue weighted by atomic mass is 19.1. The van der Waals surface area contributed by atoms with Crippen molar-refractivity contribution in [1.82, 2.24) is 0 Å². The second kappa shape index (κ2) is 5.06. The number of rotatable bonds is 3. The van der Waals surface area contributed by atoms with Crippen LogP contribution in [-0.2, 0) is 6.42 Å². The van der Waals surface area contributed by atoms with Gasteiger partial charge in [-0.2, -0.15) is 0 Å². The van der Waals surface area contributed by atoms with E-state index in [4.69, 9.17) is 5.73 Å². The molecular weight excluding hydrogens is 220 g/mol. The standard InChI is InChI=1S/C14H13F2N/c15-11-6-7-12(13(16)9-11)14(17)8-10-4-2-1-3-5-10/h1-7,9,14H,8,17H2. The molecule has 1 unspecified atom stereocenters. The summed E-state index contributed by atoms with van der Waals surface area (Å²) in [7, 11) is 0. The first kappa shape index (κ1) is 11.7. The summed E-state index contributed by atoms with van der Waals surface area (Å²) in [5, 5.41) is 0. The van der Waals surface area contributed by atoms with Crippen molar-refractivity contribution in [2.75, 3.05) is 0 Å². The first-order chi connectivity index (χ1) is 8.16. The Kier molecular flexibility index (Phi) is 3.49. The van der Waals surface area contributed by atoms with Crippen molar-refractivity contribution in [2.24, 2.45) is 5.73 Å². The lowest BCUT2D eigenvalue weighted by Gasteiger charge is -2.13. The minimum absolute atomic E-state index is 0.343. The van der Waals surface area contributed by atoms with Crippen molar-refractivity contribution in [3.63, 3.8) is 0 Å². The molecule has 1 atom stereocenters. The van der Waals surface area contributed by atoms with Gasteiger partial charge in [0.05, 0.1) is 0 Å². The minimum Gasteiger partial charge on any atom is -0.324 e. The summed E-state index contributed by atoms with van der Waals surface area (Å²) in [6, 6.07) is 12.6. The molecule has 0 saturated heterocycles. The Morgan fingerprint density at radius 2 is 1.71 bits per heavy atom. The Bertz CT molecular complexity index is 497. The molecule has 0 amide bonds. The smallest absolute Gasteiger partial charge is 0.130 e. The van der Waals surface area contributed by atoms with Crippen LogP contribution >= 0.6 is 0 Å². The fourth-order valence-electron chi connectivity index (χ4n) is 1.78. The predicted octanol–water partition coefficient (Wildman–Crippen LogP) is 3.21. The van der Waals surface area contributed by atoms with E-state index in [9.17, 15) is 8.78 Å². The molecular formula is C14H13F2N. The van der Waals surface area contributed by atoms with Gasteiger partial charge < -0.3 is 5.73 Å². The SMILES string of the molecule is NC(Cc1ccccc1)c1ccc(F)cc1F. The Labute approximate surface area is 98.9 Å². The van der Waals surface area contributed by atoms with E-state index in [1.54, 1.807) is 0 Å². The molecule has 0 aliphatic carbocycles. The molecule has 88 valence electrons. The van der Waals surface area contributed by atoms with Crippen LogP contribution < -0.4 is 5.73 Å². The van der Waals surface area contributed by atoms with E-state index in [1.165, 1.54) is 12.1 Å². The third kappa shape index (κ3) is 2.88. The maximum Gasteiger partial charge on any atom is 0.130 e. The summed E-state index contributed by atoms with van der Waals surface area (Å²) in [6.07, 6.45) is 0.531. The average Bonchev–Trinajstić information content (AvgIpc) is 2.30. The van der Waals surface area contributed by atoms with Crippen LogP contribution in [0.25, 0.3) is 0 Å². The summed E-state index contributed by atoms with van der Waals surface area (Å²) < 4.78 is 26.2. The second-order valence-electron chi connectivity index (χ2n) is 3.96. The van der Waals surface area contributed by atoms with Gasteiger partial charge >= 0.3 is 0 Å². The van der Waals surface area contributed by atoms with Gasteiger partial charge in [-0.05, 0) is 18.1 Å². The van der Waals surface area contributed by atoms with E-state index >= 15 is 0 Å². The zero-order chi connectivity index (χ0) is 12.3. The van der Waals surface area contributed by atoms with E-state index in [2.05, 4.69) is 0 Å². The molecule has 0 saturated carbocycles. The molecule has 0 fully saturated rings. The molecule has 1 nitrogen and oxygen atoms in total. The lowest BCUT2D eigenvalue weighted by Crippen LogP contribution is -2.15. The van der Waals surface area contributed by atoms with Crippen LogP contribution in [0.4, 0.5) is 8.78 Å². The molecule has 0 spiro atoms. The van der Waals surface area contributed by atoms with Gasteiger partial charge in [0.2, 0.25) is 0 Å². The number of hydrogen-bond donors (Lipinski definition) is 1. The predicted molar refractivity (Wildman–Crippen MR) is 63.4 cm³/mol. The summed E-state index contributed by atoms with van der Waals surface area (Å²) in [5.41, 5.74) is 7.29. The maximum absolute atomic E-state index is 13.5. The maximum atomic E-state index is 13.5. The molecule has 3 heteroatoms. The van der Waals surface area contributed by atoms with Gasteiger partial charge in [0.15, 0.2) is 0 Å². The molecule has 0 bridgehead atoms. The zero-order valence-corrected chi connectivity index (χ0v) is 9.24. The van der Waals surface area contributed by atoms with Crippen molar-refractivity contribution >= 4 is 0 Å². The van der Waals surface area contributed by atoms with E-state index in [1.807, 2.05) is 30.3 Å². The average molecular weight is 233 g/mol. The molecule has 2 aromatic carbocycles. The summed E-state index contributed by atoms with van der Waals surface area (Å²) in [5.74, 6) is -1.17. The molecule has 0 aliphatic heterocycles. The van der Waals surface area contributed by atoms with Crippen LogP contribution in [-0.4, -0.2) is 0 Å². The molecule has 2 rings (SSSR count). The minimum atomic E-state index is -0.589. The van der Waals surface area contributed by atoms with Gasteiger partial charge in [-0.1, -0.05) is 36.4 Å². The van der Waals surface area contributed by atoms with Crippen LogP contribution in [0.2, 0.25) is 0 Å². The van der Waals surface area contributed by atoms with Gasteiger partial charge in [0.25, 0.3) is 0 Å². The summed E-state index contributed by atoms with van der Waals surface area (Å²) in [4.78, 5) is 0.